The first-order valence-corrected chi connectivity index (χ1v) is 5.05. The predicted molar refractivity (Wildman–Crippen MR) is 55.9 cm³/mol. The van der Waals surface area contributed by atoms with Crippen LogP contribution in [-0.4, -0.2) is 0 Å². The van der Waals surface area contributed by atoms with E-state index in [2.05, 4.69) is 42.6 Å². The second-order valence-corrected chi connectivity index (χ2v) is 3.03. The third-order valence-corrected chi connectivity index (χ3v) is 1.36. The van der Waals surface area contributed by atoms with Gasteiger partial charge in [0.05, 0.1) is 18.2 Å². The molecule has 0 saturated carbocycles. The number of allylic oxidation sites excluding steroid dienone is 4. The Bertz CT molecular complexity index is 246. The van der Waals surface area contributed by atoms with Crippen molar-refractivity contribution < 1.29 is 18.3 Å². The van der Waals surface area contributed by atoms with Crippen LogP contribution >= 0.6 is 0 Å². The Labute approximate surface area is 102 Å². The molecule has 4 heteroatoms. The van der Waals surface area contributed by atoms with E-state index in [9.17, 15) is 0 Å². The maximum absolute atomic E-state index is 7.32. The second-order valence-electron chi connectivity index (χ2n) is 1.87. The molecule has 0 N–H and O–H groups in total. The number of nitriles is 3. The first-order chi connectivity index (χ1) is 7.14. The fourth-order valence-corrected chi connectivity index (χ4v) is 0.786. The molecule has 0 heterocycles. The molecule has 0 spiro atoms. The van der Waals surface area contributed by atoms with Crippen molar-refractivity contribution in [2.24, 2.45) is 0 Å². The van der Waals surface area contributed by atoms with Gasteiger partial charge in [0, 0.05) is 20.8 Å². The van der Waals surface area contributed by atoms with Crippen LogP contribution in [0.15, 0.2) is 24.3 Å². The van der Waals surface area contributed by atoms with Crippen molar-refractivity contribution in [2.45, 2.75) is 25.3 Å². The van der Waals surface area contributed by atoms with Crippen molar-refractivity contribution in [3.05, 3.63) is 24.3 Å². The monoisotopic (exact) mass is 290 g/mol. The van der Waals surface area contributed by atoms with Crippen LogP contribution < -0.4 is 0 Å². The summed E-state index contributed by atoms with van der Waals surface area (Å²) in [5.74, 6) is 0. The zero-order chi connectivity index (χ0) is 12.5. The van der Waals surface area contributed by atoms with E-state index >= 15 is 0 Å². The molecule has 1 rings (SSSR count). The van der Waals surface area contributed by atoms with Gasteiger partial charge in [0.2, 0.25) is 0 Å². The molecule has 15 heavy (non-hydrogen) atoms. The number of rotatable bonds is 0. The van der Waals surface area contributed by atoms with E-state index in [0.717, 1.165) is 0 Å². The van der Waals surface area contributed by atoms with Gasteiger partial charge in [-0.05, 0) is 0 Å². The van der Waals surface area contributed by atoms with Gasteiger partial charge in [0.25, 0.3) is 0 Å². The Balaban J connectivity index is -0.000000140. The van der Waals surface area contributed by atoms with E-state index in [1.54, 1.807) is 18.2 Å². The van der Waals surface area contributed by atoms with Gasteiger partial charge in [-0.1, -0.05) is 0 Å². The topological polar surface area (TPSA) is 71.4 Å². The van der Waals surface area contributed by atoms with Crippen molar-refractivity contribution in [1.82, 2.24) is 0 Å². The molecule has 0 radical (unpaired) electrons. The summed E-state index contributed by atoms with van der Waals surface area (Å²) >= 11 is 2.61. The Kier molecular flexibility index (Phi) is 29.3. The molecule has 3 nitrogen and oxygen atoms in total. The molecule has 0 saturated heterocycles. The molecule has 0 atom stereocenters. The quantitative estimate of drug-likeness (QED) is 0.643. The molecule has 0 bridgehead atoms. The predicted octanol–water partition coefficient (Wildman–Crippen LogP) is 3.04. The van der Waals surface area contributed by atoms with E-state index in [-0.39, 0.29) is 0 Å². The van der Waals surface area contributed by atoms with Crippen molar-refractivity contribution in [3.8, 4) is 18.2 Å². The summed E-state index contributed by atoms with van der Waals surface area (Å²) in [7, 11) is 0. The molecule has 0 fully saturated rings. The standard InChI is InChI=1S/C5H5.3C2H3N.Ru/c1-2-4-5-3-1;3*1-2-3;/h1-5H;3*1H3;. The minimum absolute atomic E-state index is 0.615. The molecule has 0 amide bonds. The Morgan fingerprint density at radius 2 is 1.07 bits per heavy atom. The summed E-state index contributed by atoms with van der Waals surface area (Å²) in [6, 6.07) is 5.25. The molecular formula is C11H14N3Ru. The van der Waals surface area contributed by atoms with Crippen molar-refractivity contribution in [3.63, 3.8) is 0 Å². The Morgan fingerprint density at radius 3 is 1.13 bits per heavy atom. The van der Waals surface area contributed by atoms with Gasteiger partial charge in [-0.3, -0.25) is 0 Å². The third kappa shape index (κ3) is 45.3. The van der Waals surface area contributed by atoms with Gasteiger partial charge in [0.15, 0.2) is 0 Å². The number of nitrogens with zero attached hydrogens (tertiary/aromatic N) is 3. The normalized spacial score (nSPS) is 9.67. The van der Waals surface area contributed by atoms with Gasteiger partial charge < -0.3 is 0 Å². The van der Waals surface area contributed by atoms with Crippen molar-refractivity contribution in [2.75, 3.05) is 0 Å². The van der Waals surface area contributed by atoms with Crippen molar-refractivity contribution >= 4 is 0 Å². The van der Waals surface area contributed by atoms with Gasteiger partial charge in [-0.2, -0.15) is 15.8 Å². The van der Waals surface area contributed by atoms with Gasteiger partial charge in [0.1, 0.15) is 0 Å². The molecule has 0 aliphatic heterocycles. The van der Waals surface area contributed by atoms with Crippen LogP contribution in [0.25, 0.3) is 0 Å². The van der Waals surface area contributed by atoms with Crippen LogP contribution in [0.1, 0.15) is 20.8 Å². The average molecular weight is 289 g/mol. The van der Waals surface area contributed by atoms with E-state index in [1.807, 2.05) is 0 Å². The van der Waals surface area contributed by atoms with Crippen LogP contribution in [0.5, 0.6) is 0 Å². The van der Waals surface area contributed by atoms with E-state index in [0.29, 0.717) is 4.51 Å². The summed E-state index contributed by atoms with van der Waals surface area (Å²) in [6.07, 6.45) is 8.38. The van der Waals surface area contributed by atoms with Crippen LogP contribution in [0.3, 0.4) is 0 Å². The summed E-state index contributed by atoms with van der Waals surface area (Å²) in [6.45, 7) is 4.29. The van der Waals surface area contributed by atoms with Gasteiger partial charge in [-0.25, -0.2) is 0 Å². The first-order valence-electron chi connectivity index (χ1n) is 4.04. The number of hydrogen-bond acceptors (Lipinski definition) is 3. The molecule has 1 aliphatic carbocycles. The molecular weight excluding hydrogens is 275 g/mol. The van der Waals surface area contributed by atoms with Crippen molar-refractivity contribution in [1.29, 1.82) is 15.8 Å². The molecule has 1 aliphatic rings. The zero-order valence-corrected chi connectivity index (χ0v) is 10.8. The summed E-state index contributed by atoms with van der Waals surface area (Å²) in [4.78, 5) is 0. The molecule has 81 valence electrons. The maximum atomic E-state index is 7.32. The van der Waals surface area contributed by atoms with E-state index in [1.165, 1.54) is 20.8 Å². The second kappa shape index (κ2) is 22.9. The first kappa shape index (κ1) is 19.2. The average Bonchev–Trinajstić information content (AvgIpc) is 2.60. The fourth-order valence-electron chi connectivity index (χ4n) is 0.399. The van der Waals surface area contributed by atoms with E-state index < -0.39 is 0 Å². The molecule has 0 aromatic rings. The Morgan fingerprint density at radius 1 is 0.867 bits per heavy atom. The van der Waals surface area contributed by atoms with E-state index in [4.69, 9.17) is 15.8 Å². The number of hydrogen-bond donors (Lipinski definition) is 0. The van der Waals surface area contributed by atoms with Gasteiger partial charge in [-0.15, -0.1) is 0 Å². The Hall–Kier alpha value is -1.43. The molecule has 0 aromatic carbocycles. The van der Waals surface area contributed by atoms with Crippen LogP contribution in [0, 0.1) is 34.0 Å². The fraction of sp³-hybridized carbons (Fsp3) is 0.364. The minimum atomic E-state index is 0.615. The SMILES string of the molecule is CC#N.CC#N.CC#N.[Ru][CH]1C=CC=C1. The zero-order valence-electron chi connectivity index (χ0n) is 9.08. The summed E-state index contributed by atoms with van der Waals surface area (Å²) in [5.41, 5.74) is 0. The van der Waals surface area contributed by atoms with Crippen LogP contribution in [0.4, 0.5) is 0 Å². The summed E-state index contributed by atoms with van der Waals surface area (Å²) < 4.78 is 0.615. The van der Waals surface area contributed by atoms with Crippen LogP contribution in [0.2, 0.25) is 4.51 Å². The molecule has 0 unspecified atom stereocenters. The molecule has 0 aromatic heterocycles. The van der Waals surface area contributed by atoms with Crippen LogP contribution in [-0.2, 0) is 18.3 Å². The van der Waals surface area contributed by atoms with Gasteiger partial charge >= 0.3 is 47.1 Å². The summed E-state index contributed by atoms with van der Waals surface area (Å²) in [5, 5.41) is 22.0. The third-order valence-electron chi connectivity index (χ3n) is 0.692.